The fourth-order valence-corrected chi connectivity index (χ4v) is 1.32. The highest BCUT2D eigenvalue weighted by Crippen LogP contribution is 2.34. The molecule has 0 aromatic carbocycles. The maximum absolute atomic E-state index is 5.50. The predicted molar refractivity (Wildman–Crippen MR) is 45.1 cm³/mol. The molecule has 0 aliphatic heterocycles. The van der Waals surface area contributed by atoms with Crippen LogP contribution in [0.1, 0.15) is 27.7 Å². The summed E-state index contributed by atoms with van der Waals surface area (Å²) in [6.45, 7) is 7.75. The molecule has 0 unspecified atom stereocenters. The van der Waals surface area contributed by atoms with Crippen LogP contribution in [0.3, 0.4) is 0 Å². The molecule has 0 N–H and O–H groups in total. The van der Waals surface area contributed by atoms with E-state index in [9.17, 15) is 0 Å². The summed E-state index contributed by atoms with van der Waals surface area (Å²) >= 11 is 0. The first-order valence-corrected chi connectivity index (χ1v) is 4.65. The first-order chi connectivity index (χ1) is 4.52. The lowest BCUT2D eigenvalue weighted by Crippen LogP contribution is -2.03. The molecule has 0 fully saturated rings. The van der Waals surface area contributed by atoms with Crippen LogP contribution in [0.5, 0.6) is 0 Å². The van der Waals surface area contributed by atoms with Gasteiger partial charge >= 0.3 is 0 Å². The molecule has 10 heavy (non-hydrogen) atoms. The van der Waals surface area contributed by atoms with E-state index >= 15 is 0 Å². The van der Waals surface area contributed by atoms with Crippen LogP contribution in [-0.2, 0) is 9.05 Å². The molecule has 0 amide bonds. The van der Waals surface area contributed by atoms with Crippen LogP contribution >= 0.6 is 8.25 Å². The van der Waals surface area contributed by atoms with E-state index in [0.29, 0.717) is 0 Å². The molecule has 2 nitrogen and oxygen atoms in total. The summed E-state index contributed by atoms with van der Waals surface area (Å²) in [5.41, 5.74) is 0. The first-order valence-electron chi connectivity index (χ1n) is 3.40. The van der Waals surface area contributed by atoms with Gasteiger partial charge < -0.3 is 9.05 Å². The van der Waals surface area contributed by atoms with Crippen molar-refractivity contribution in [3.63, 3.8) is 0 Å². The molecule has 0 aromatic rings. The van der Waals surface area contributed by atoms with E-state index in [1.807, 2.05) is 27.7 Å². The van der Waals surface area contributed by atoms with Gasteiger partial charge in [-0.3, -0.25) is 0 Å². The van der Waals surface area contributed by atoms with Crippen molar-refractivity contribution in [2.24, 2.45) is 0 Å². The van der Waals surface area contributed by atoms with Crippen molar-refractivity contribution in [1.29, 1.82) is 0 Å². The first kappa shape index (κ1) is 10.4. The highest BCUT2D eigenvalue weighted by molar-refractivity contribution is 7.74. The smallest absolute Gasteiger partial charge is 0.189 e. The quantitative estimate of drug-likeness (QED) is 0.463. The average Bonchev–Trinajstić information content (AvgIpc) is 1.58. The van der Waals surface area contributed by atoms with E-state index < -0.39 is 8.25 Å². The Labute approximate surface area is 65.6 Å². The molecule has 0 aromatic heterocycles. The van der Waals surface area contributed by atoms with E-state index in [4.69, 9.17) is 16.6 Å². The zero-order valence-corrected chi connectivity index (χ0v) is 7.89. The topological polar surface area (TPSA) is 18.5 Å². The van der Waals surface area contributed by atoms with Gasteiger partial charge in [-0.25, -0.2) is 0 Å². The summed E-state index contributed by atoms with van der Waals surface area (Å²) in [5.74, 6) is 0. The van der Waals surface area contributed by atoms with Crippen molar-refractivity contribution < 1.29 is 9.05 Å². The van der Waals surface area contributed by atoms with Gasteiger partial charge in [0.05, 0.1) is 12.2 Å². The second kappa shape index (κ2) is 5.12. The van der Waals surface area contributed by atoms with Gasteiger partial charge in [0.2, 0.25) is 0 Å². The number of rotatable bonds is 4. The molecule has 0 aliphatic rings. The van der Waals surface area contributed by atoms with Crippen molar-refractivity contribution in [3.8, 4) is 0 Å². The van der Waals surface area contributed by atoms with Crippen molar-refractivity contribution in [2.75, 3.05) is 0 Å². The van der Waals surface area contributed by atoms with Crippen LogP contribution in [0.25, 0.3) is 0 Å². The molecule has 58 valence electrons. The molecule has 2 radical (unpaired) electrons. The van der Waals surface area contributed by atoms with Crippen LogP contribution < -0.4 is 0 Å². The normalized spacial score (nSPS) is 11.9. The van der Waals surface area contributed by atoms with Crippen molar-refractivity contribution in [3.05, 3.63) is 0 Å². The SMILES string of the molecule is [B]P(OC(C)C)OC(C)C. The standard InChI is InChI=1S/C6H14BO2P/c1-5(2)8-10(7)9-6(3)4/h5-6H,1-4H3. The lowest BCUT2D eigenvalue weighted by atomic mass is 10.5. The molecule has 4 heteroatoms. The third kappa shape index (κ3) is 6.53. The molecule has 0 spiro atoms. The summed E-state index contributed by atoms with van der Waals surface area (Å²) in [7, 11) is 4.34. The van der Waals surface area contributed by atoms with Crippen LogP contribution in [0, 0.1) is 0 Å². The highest BCUT2D eigenvalue weighted by Gasteiger charge is 2.05. The van der Waals surface area contributed by atoms with Crippen LogP contribution in [0.4, 0.5) is 0 Å². The van der Waals surface area contributed by atoms with E-state index in [-0.39, 0.29) is 12.2 Å². The minimum Gasteiger partial charge on any atom is -0.340 e. The Morgan fingerprint density at radius 2 is 1.30 bits per heavy atom. The van der Waals surface area contributed by atoms with Crippen molar-refractivity contribution >= 4 is 15.8 Å². The molecular formula is C6H14BO2P. The molecule has 0 saturated carbocycles. The predicted octanol–water partition coefficient (Wildman–Crippen LogP) is 2.23. The summed E-state index contributed by atoms with van der Waals surface area (Å²) in [6, 6.07) is 0. The molecule has 0 bridgehead atoms. The highest BCUT2D eigenvalue weighted by atomic mass is 31.2. The summed E-state index contributed by atoms with van der Waals surface area (Å²) in [4.78, 5) is 0. The van der Waals surface area contributed by atoms with Crippen LogP contribution in [-0.4, -0.2) is 19.8 Å². The van der Waals surface area contributed by atoms with Gasteiger partial charge in [0.25, 0.3) is 0 Å². The summed E-state index contributed by atoms with van der Waals surface area (Å²) in [5, 5.41) is 0. The molecule has 0 atom stereocenters. The second-order valence-electron chi connectivity index (χ2n) is 2.59. The van der Waals surface area contributed by atoms with Gasteiger partial charge in [0, 0.05) is 0 Å². The third-order valence-corrected chi connectivity index (χ3v) is 1.89. The second-order valence-corrected chi connectivity index (χ2v) is 3.59. The average molecular weight is 160 g/mol. The number of hydrogen-bond acceptors (Lipinski definition) is 2. The van der Waals surface area contributed by atoms with E-state index in [1.54, 1.807) is 0 Å². The van der Waals surface area contributed by atoms with Crippen molar-refractivity contribution in [1.82, 2.24) is 0 Å². The Bertz CT molecular complexity index is 77.8. The lowest BCUT2D eigenvalue weighted by Gasteiger charge is -2.18. The molecular weight excluding hydrogens is 146 g/mol. The number of hydrogen-bond donors (Lipinski definition) is 0. The molecule has 0 rings (SSSR count). The Hall–Kier alpha value is 0.415. The monoisotopic (exact) mass is 160 g/mol. The van der Waals surface area contributed by atoms with Gasteiger partial charge in [-0.2, -0.15) is 0 Å². The van der Waals surface area contributed by atoms with Gasteiger partial charge in [-0.15, -0.1) is 0 Å². The van der Waals surface area contributed by atoms with Crippen LogP contribution in [0.2, 0.25) is 0 Å². The largest absolute Gasteiger partial charge is 0.340 e. The zero-order chi connectivity index (χ0) is 8.15. The molecule has 0 saturated heterocycles. The Kier molecular flexibility index (Phi) is 5.33. The van der Waals surface area contributed by atoms with Crippen molar-refractivity contribution in [2.45, 2.75) is 39.9 Å². The van der Waals surface area contributed by atoms with Gasteiger partial charge in [0.1, 0.15) is 8.25 Å². The summed E-state index contributed by atoms with van der Waals surface area (Å²) < 4.78 is 10.4. The van der Waals surface area contributed by atoms with E-state index in [2.05, 4.69) is 0 Å². The molecule has 0 aliphatic carbocycles. The Morgan fingerprint density at radius 1 is 1.00 bits per heavy atom. The van der Waals surface area contributed by atoms with Gasteiger partial charge in [0.15, 0.2) is 7.57 Å². The Morgan fingerprint density at radius 3 is 1.50 bits per heavy atom. The van der Waals surface area contributed by atoms with E-state index in [0.717, 1.165) is 0 Å². The third-order valence-electron chi connectivity index (χ3n) is 0.629. The van der Waals surface area contributed by atoms with Crippen LogP contribution in [0.15, 0.2) is 0 Å². The van der Waals surface area contributed by atoms with E-state index in [1.165, 1.54) is 0 Å². The minimum absolute atomic E-state index is 0.148. The fourth-order valence-electron chi connectivity index (χ4n) is 0.440. The lowest BCUT2D eigenvalue weighted by molar-refractivity contribution is 0.187. The zero-order valence-electron chi connectivity index (χ0n) is 7.00. The maximum Gasteiger partial charge on any atom is 0.189 e. The van der Waals surface area contributed by atoms with Gasteiger partial charge in [-0.05, 0) is 27.7 Å². The Balaban J connectivity index is 3.34. The maximum atomic E-state index is 5.50. The summed E-state index contributed by atoms with van der Waals surface area (Å²) in [6.07, 6.45) is 0.296. The van der Waals surface area contributed by atoms with Gasteiger partial charge in [-0.1, -0.05) is 0 Å². The minimum atomic E-state index is -1.16. The molecule has 0 heterocycles. The fraction of sp³-hybridized carbons (Fsp3) is 1.00.